The fourth-order valence-electron chi connectivity index (χ4n) is 2.20. The number of carboxylic acids is 2. The number of anilines is 1. The van der Waals surface area contributed by atoms with Gasteiger partial charge in [-0.2, -0.15) is 0 Å². The highest BCUT2D eigenvalue weighted by atomic mass is 16.4. The summed E-state index contributed by atoms with van der Waals surface area (Å²) in [4.78, 5) is 34.9. The predicted octanol–water partition coefficient (Wildman–Crippen LogP) is 1.68. The molecular formula is C17H15NO7. The van der Waals surface area contributed by atoms with Crippen molar-refractivity contribution in [2.45, 2.75) is 6.42 Å². The molecule has 0 radical (unpaired) electrons. The molecule has 8 heteroatoms. The number of carboxylic acid groups (broad SMARTS) is 2. The largest absolute Gasteiger partial charge is 0.508 e. The van der Waals surface area contributed by atoms with E-state index in [9.17, 15) is 29.7 Å². The summed E-state index contributed by atoms with van der Waals surface area (Å²) in [6, 6.07) is 9.02. The Bertz CT molecular complexity index is 814. The molecule has 8 nitrogen and oxygen atoms in total. The number of carbonyl (C=O) groups excluding carboxylic acids is 1. The lowest BCUT2D eigenvalue weighted by Crippen LogP contribution is -2.31. The van der Waals surface area contributed by atoms with Crippen molar-refractivity contribution < 1.29 is 34.8 Å². The quantitative estimate of drug-likeness (QED) is 0.395. The maximum atomic E-state index is 12.3. The number of hydrogen-bond acceptors (Lipinski definition) is 5. The molecule has 130 valence electrons. The van der Waals surface area contributed by atoms with E-state index in [2.05, 4.69) is 5.32 Å². The van der Waals surface area contributed by atoms with Gasteiger partial charge in [0.25, 0.3) is 0 Å². The van der Waals surface area contributed by atoms with Gasteiger partial charge in [0.05, 0.1) is 11.3 Å². The second kappa shape index (κ2) is 7.35. The predicted molar refractivity (Wildman–Crippen MR) is 86.6 cm³/mol. The first kappa shape index (κ1) is 17.8. The molecule has 1 amide bonds. The first-order valence-electron chi connectivity index (χ1n) is 7.16. The van der Waals surface area contributed by atoms with E-state index in [-0.39, 0.29) is 29.2 Å². The molecule has 0 saturated heterocycles. The van der Waals surface area contributed by atoms with Crippen LogP contribution in [0.2, 0.25) is 0 Å². The zero-order valence-electron chi connectivity index (χ0n) is 12.8. The highest BCUT2D eigenvalue weighted by Crippen LogP contribution is 2.23. The smallest absolute Gasteiger partial charge is 0.337 e. The van der Waals surface area contributed by atoms with Crippen LogP contribution in [-0.2, 0) is 16.0 Å². The number of phenolic OH excluding ortho intramolecular Hbond substituents is 2. The number of aliphatic carboxylic acids is 1. The number of rotatable bonds is 6. The van der Waals surface area contributed by atoms with Gasteiger partial charge in [-0.1, -0.05) is 12.1 Å². The number of nitrogens with one attached hydrogen (secondary N) is 1. The summed E-state index contributed by atoms with van der Waals surface area (Å²) in [6.07, 6.45) is -0.137. The molecule has 2 aromatic carbocycles. The van der Waals surface area contributed by atoms with Crippen molar-refractivity contribution in [1.29, 1.82) is 0 Å². The van der Waals surface area contributed by atoms with Crippen molar-refractivity contribution in [2.75, 3.05) is 5.32 Å². The molecular weight excluding hydrogens is 330 g/mol. The van der Waals surface area contributed by atoms with Crippen LogP contribution in [0.1, 0.15) is 15.9 Å². The van der Waals surface area contributed by atoms with Crippen LogP contribution in [0.15, 0.2) is 42.5 Å². The van der Waals surface area contributed by atoms with Gasteiger partial charge in [0.2, 0.25) is 5.91 Å². The second-order valence-electron chi connectivity index (χ2n) is 5.29. The van der Waals surface area contributed by atoms with E-state index in [1.165, 1.54) is 36.4 Å². The van der Waals surface area contributed by atoms with Gasteiger partial charge in [0.15, 0.2) is 0 Å². The average Bonchev–Trinajstić information content (AvgIpc) is 2.55. The molecule has 2 aromatic rings. The van der Waals surface area contributed by atoms with E-state index >= 15 is 0 Å². The van der Waals surface area contributed by atoms with Crippen molar-refractivity contribution in [3.63, 3.8) is 0 Å². The number of hydrogen-bond donors (Lipinski definition) is 5. The molecule has 2 rings (SSSR count). The van der Waals surface area contributed by atoms with Gasteiger partial charge in [-0.25, -0.2) is 4.79 Å². The summed E-state index contributed by atoms with van der Waals surface area (Å²) in [6.45, 7) is 0. The summed E-state index contributed by atoms with van der Waals surface area (Å²) >= 11 is 0. The van der Waals surface area contributed by atoms with Gasteiger partial charge in [-0.3, -0.25) is 9.59 Å². The minimum Gasteiger partial charge on any atom is -0.508 e. The third-order valence-electron chi connectivity index (χ3n) is 3.48. The Labute approximate surface area is 142 Å². The SMILES string of the molecule is O=C(O)c1cc(O)ccc1NC(=O)C(Cc1ccc(O)cc1)C(=O)O. The molecule has 25 heavy (non-hydrogen) atoms. The molecule has 0 aliphatic carbocycles. The molecule has 0 aromatic heterocycles. The summed E-state index contributed by atoms with van der Waals surface area (Å²) < 4.78 is 0. The molecule has 1 unspecified atom stereocenters. The lowest BCUT2D eigenvalue weighted by molar-refractivity contribution is -0.145. The van der Waals surface area contributed by atoms with Crippen LogP contribution >= 0.6 is 0 Å². The van der Waals surface area contributed by atoms with Crippen LogP contribution in [0.4, 0.5) is 5.69 Å². The van der Waals surface area contributed by atoms with Gasteiger partial charge in [-0.05, 0) is 42.3 Å². The molecule has 0 saturated carbocycles. The summed E-state index contributed by atoms with van der Waals surface area (Å²) in [5, 5.41) is 39.3. The molecule has 0 aliphatic rings. The summed E-state index contributed by atoms with van der Waals surface area (Å²) in [5.74, 6) is -5.39. The maximum Gasteiger partial charge on any atom is 0.337 e. The Morgan fingerprint density at radius 3 is 2.08 bits per heavy atom. The summed E-state index contributed by atoms with van der Waals surface area (Å²) in [7, 11) is 0. The normalized spacial score (nSPS) is 11.5. The fourth-order valence-corrected chi connectivity index (χ4v) is 2.20. The Morgan fingerprint density at radius 1 is 0.920 bits per heavy atom. The molecule has 0 aliphatic heterocycles. The highest BCUT2D eigenvalue weighted by Gasteiger charge is 2.27. The van der Waals surface area contributed by atoms with E-state index in [0.29, 0.717) is 5.56 Å². The third-order valence-corrected chi connectivity index (χ3v) is 3.48. The monoisotopic (exact) mass is 345 g/mol. The van der Waals surface area contributed by atoms with Crippen LogP contribution in [0.3, 0.4) is 0 Å². The van der Waals surface area contributed by atoms with E-state index in [4.69, 9.17) is 5.11 Å². The number of aromatic hydroxyl groups is 2. The maximum absolute atomic E-state index is 12.3. The number of phenols is 2. The topological polar surface area (TPSA) is 144 Å². The standard InChI is InChI=1S/C17H15NO7/c19-10-3-1-9(2-4-10)7-13(17(24)25)15(21)18-14-6-5-11(20)8-12(14)16(22)23/h1-6,8,13,19-20H,7H2,(H,18,21)(H,22,23)(H,24,25). The van der Waals surface area contributed by atoms with Crippen molar-refractivity contribution in [2.24, 2.45) is 5.92 Å². The van der Waals surface area contributed by atoms with Crippen molar-refractivity contribution in [3.05, 3.63) is 53.6 Å². The van der Waals surface area contributed by atoms with E-state index in [0.717, 1.165) is 6.07 Å². The van der Waals surface area contributed by atoms with Gasteiger partial charge in [0.1, 0.15) is 17.4 Å². The van der Waals surface area contributed by atoms with Crippen LogP contribution in [0.25, 0.3) is 0 Å². The number of amides is 1. The van der Waals surface area contributed by atoms with E-state index in [1.54, 1.807) is 0 Å². The van der Waals surface area contributed by atoms with Crippen LogP contribution in [-0.4, -0.2) is 38.3 Å². The van der Waals surface area contributed by atoms with Gasteiger partial charge in [0, 0.05) is 0 Å². The molecule has 1 atom stereocenters. The van der Waals surface area contributed by atoms with Crippen LogP contribution in [0.5, 0.6) is 11.5 Å². The van der Waals surface area contributed by atoms with E-state index < -0.39 is 23.8 Å². The number of carbonyl (C=O) groups is 3. The first-order valence-corrected chi connectivity index (χ1v) is 7.16. The molecule has 5 N–H and O–H groups in total. The molecule has 0 spiro atoms. The Balaban J connectivity index is 2.22. The van der Waals surface area contributed by atoms with Crippen molar-refractivity contribution in [3.8, 4) is 11.5 Å². The number of aromatic carboxylic acids is 1. The zero-order chi connectivity index (χ0) is 18.6. The lowest BCUT2D eigenvalue weighted by atomic mass is 9.98. The van der Waals surface area contributed by atoms with Crippen LogP contribution < -0.4 is 5.32 Å². The lowest BCUT2D eigenvalue weighted by Gasteiger charge is -2.14. The minimum absolute atomic E-state index is 0.00951. The minimum atomic E-state index is -1.46. The number of benzene rings is 2. The Morgan fingerprint density at radius 2 is 1.52 bits per heavy atom. The van der Waals surface area contributed by atoms with Crippen molar-refractivity contribution in [1.82, 2.24) is 0 Å². The highest BCUT2D eigenvalue weighted by molar-refractivity contribution is 6.07. The average molecular weight is 345 g/mol. The summed E-state index contributed by atoms with van der Waals surface area (Å²) in [5.41, 5.74) is 0.0406. The Hall–Kier alpha value is -3.55. The third kappa shape index (κ3) is 4.47. The molecule has 0 heterocycles. The van der Waals surface area contributed by atoms with Crippen molar-refractivity contribution >= 4 is 23.5 Å². The van der Waals surface area contributed by atoms with E-state index in [1.807, 2.05) is 0 Å². The van der Waals surface area contributed by atoms with Crippen LogP contribution in [0, 0.1) is 5.92 Å². The molecule has 0 fully saturated rings. The van der Waals surface area contributed by atoms with Gasteiger partial charge >= 0.3 is 11.9 Å². The molecule has 0 bridgehead atoms. The van der Waals surface area contributed by atoms with Gasteiger partial charge in [-0.15, -0.1) is 0 Å². The Kier molecular flexibility index (Phi) is 5.23. The fraction of sp³-hybridized carbons (Fsp3) is 0.118. The zero-order valence-corrected chi connectivity index (χ0v) is 12.8. The van der Waals surface area contributed by atoms with Gasteiger partial charge < -0.3 is 25.7 Å². The first-order chi connectivity index (χ1) is 11.8. The second-order valence-corrected chi connectivity index (χ2v) is 5.29.